The summed E-state index contributed by atoms with van der Waals surface area (Å²) in [5.74, 6) is 1.62. The highest BCUT2D eigenvalue weighted by Gasteiger charge is 2.23. The summed E-state index contributed by atoms with van der Waals surface area (Å²) in [5.41, 5.74) is 7.59. The number of methoxy groups -OCH3 is 1. The molecule has 1 unspecified atom stereocenters. The molecule has 0 saturated carbocycles. The van der Waals surface area contributed by atoms with Crippen LogP contribution in [-0.2, 0) is 0 Å². The number of rotatable bonds is 5. The fourth-order valence-electron chi connectivity index (χ4n) is 3.89. The molecule has 2 heterocycles. The fourth-order valence-corrected chi connectivity index (χ4v) is 3.89. The van der Waals surface area contributed by atoms with Crippen LogP contribution in [0.1, 0.15) is 50.1 Å². The van der Waals surface area contributed by atoms with Crippen molar-refractivity contribution in [1.29, 1.82) is 0 Å². The van der Waals surface area contributed by atoms with Crippen molar-refractivity contribution in [2.24, 2.45) is 10.7 Å². The van der Waals surface area contributed by atoms with Gasteiger partial charge in [0, 0.05) is 13.1 Å². The number of nitrogens with zero attached hydrogens (tertiary/aromatic N) is 3. The predicted molar refractivity (Wildman–Crippen MR) is 118 cm³/mol. The summed E-state index contributed by atoms with van der Waals surface area (Å²) >= 11 is 0. The normalized spacial score (nSPS) is 20.3. The van der Waals surface area contributed by atoms with E-state index in [0.29, 0.717) is 6.04 Å². The van der Waals surface area contributed by atoms with E-state index >= 15 is 0 Å². The van der Waals surface area contributed by atoms with Crippen LogP contribution in [0, 0.1) is 0 Å². The largest absolute Gasteiger partial charge is 0.497 e. The van der Waals surface area contributed by atoms with E-state index in [1.807, 2.05) is 12.1 Å². The van der Waals surface area contributed by atoms with Crippen LogP contribution >= 0.6 is 24.0 Å². The maximum atomic E-state index is 6.29. The van der Waals surface area contributed by atoms with Gasteiger partial charge in [-0.15, -0.1) is 24.0 Å². The van der Waals surface area contributed by atoms with Gasteiger partial charge in [0.2, 0.25) is 0 Å². The summed E-state index contributed by atoms with van der Waals surface area (Å²) in [6.45, 7) is 5.12. The van der Waals surface area contributed by atoms with Gasteiger partial charge >= 0.3 is 0 Å². The monoisotopic (exact) mass is 472 g/mol. The first-order valence-electron chi connectivity index (χ1n) is 9.71. The van der Waals surface area contributed by atoms with E-state index in [9.17, 15) is 0 Å². The Hall–Kier alpha value is -1.02. The number of aliphatic imine (C=N–C) groups is 1. The van der Waals surface area contributed by atoms with Gasteiger partial charge in [0.05, 0.1) is 19.7 Å². The number of halogens is 1. The van der Waals surface area contributed by atoms with Crippen LogP contribution < -0.4 is 10.5 Å². The number of piperidine rings is 2. The van der Waals surface area contributed by atoms with Crippen molar-refractivity contribution in [3.8, 4) is 5.75 Å². The average molecular weight is 472 g/mol. The Morgan fingerprint density at radius 2 is 1.58 bits per heavy atom. The number of hydrogen-bond donors (Lipinski definition) is 1. The molecule has 1 atom stereocenters. The van der Waals surface area contributed by atoms with Gasteiger partial charge < -0.3 is 15.4 Å². The summed E-state index contributed by atoms with van der Waals surface area (Å²) in [7, 11) is 1.71. The summed E-state index contributed by atoms with van der Waals surface area (Å²) < 4.78 is 5.30. The van der Waals surface area contributed by atoms with Crippen LogP contribution in [0.15, 0.2) is 29.3 Å². The Labute approximate surface area is 175 Å². The van der Waals surface area contributed by atoms with Crippen LogP contribution in [0.25, 0.3) is 0 Å². The molecule has 2 aliphatic heterocycles. The maximum absolute atomic E-state index is 6.29. The zero-order chi connectivity index (χ0) is 17.5. The minimum absolute atomic E-state index is 0. The highest BCUT2D eigenvalue weighted by atomic mass is 127. The lowest BCUT2D eigenvalue weighted by atomic mass is 10.0. The minimum Gasteiger partial charge on any atom is -0.497 e. The number of hydrogen-bond acceptors (Lipinski definition) is 3. The van der Waals surface area contributed by atoms with Gasteiger partial charge in [-0.2, -0.15) is 0 Å². The maximum Gasteiger partial charge on any atom is 0.191 e. The third-order valence-electron chi connectivity index (χ3n) is 5.44. The van der Waals surface area contributed by atoms with Crippen molar-refractivity contribution in [1.82, 2.24) is 9.80 Å². The second-order valence-electron chi connectivity index (χ2n) is 7.13. The van der Waals surface area contributed by atoms with Crippen molar-refractivity contribution in [2.75, 3.05) is 39.8 Å². The van der Waals surface area contributed by atoms with Gasteiger partial charge in [0.1, 0.15) is 5.75 Å². The van der Waals surface area contributed by atoms with Gasteiger partial charge in [-0.1, -0.05) is 18.6 Å². The molecular formula is C20H33IN4O. The molecule has 2 saturated heterocycles. The second-order valence-corrected chi connectivity index (χ2v) is 7.13. The molecule has 1 aromatic carbocycles. The first kappa shape index (κ1) is 21.3. The molecule has 0 aromatic heterocycles. The topological polar surface area (TPSA) is 54.1 Å². The number of nitrogens with two attached hydrogens (primary N) is 1. The van der Waals surface area contributed by atoms with Gasteiger partial charge in [-0.25, -0.2) is 0 Å². The molecule has 0 amide bonds. The lowest BCUT2D eigenvalue weighted by Crippen LogP contribution is -2.42. The molecule has 3 rings (SSSR count). The molecule has 0 radical (unpaired) electrons. The molecule has 1 aromatic rings. The summed E-state index contributed by atoms with van der Waals surface area (Å²) in [4.78, 5) is 9.60. The average Bonchev–Trinajstić information content (AvgIpc) is 2.70. The lowest BCUT2D eigenvalue weighted by molar-refractivity contribution is 0.167. The van der Waals surface area contributed by atoms with Gasteiger partial charge in [-0.3, -0.25) is 9.89 Å². The Morgan fingerprint density at radius 1 is 1.00 bits per heavy atom. The third kappa shape index (κ3) is 5.74. The van der Waals surface area contributed by atoms with E-state index in [2.05, 4.69) is 21.9 Å². The Balaban J connectivity index is 0.00000243. The third-order valence-corrected chi connectivity index (χ3v) is 5.44. The lowest BCUT2D eigenvalue weighted by Gasteiger charge is -2.34. The van der Waals surface area contributed by atoms with Crippen molar-refractivity contribution >= 4 is 29.9 Å². The molecule has 5 nitrogen and oxygen atoms in total. The van der Waals surface area contributed by atoms with E-state index in [1.165, 1.54) is 44.1 Å². The standard InChI is InChI=1S/C20H32N4O.HI/c1-25-18-10-8-17(9-11-18)19(23-12-4-2-5-13-23)16-22-20(21)24-14-6-3-7-15-24;/h8-11,19H,2-7,12-16H2,1H3,(H2,21,22);1H. The van der Waals surface area contributed by atoms with Crippen LogP contribution in [0.2, 0.25) is 0 Å². The molecule has 26 heavy (non-hydrogen) atoms. The van der Waals surface area contributed by atoms with Crippen molar-refractivity contribution in [3.05, 3.63) is 29.8 Å². The summed E-state index contributed by atoms with van der Waals surface area (Å²) in [6.07, 6.45) is 7.65. The Bertz CT molecular complexity index is 551. The SMILES string of the molecule is COc1ccc(C(CN=C(N)N2CCCCC2)N2CCCCC2)cc1.I. The quantitative estimate of drug-likeness (QED) is 0.404. The molecule has 0 bridgehead atoms. The van der Waals surface area contributed by atoms with Crippen molar-refractivity contribution in [3.63, 3.8) is 0 Å². The van der Waals surface area contributed by atoms with E-state index in [1.54, 1.807) is 7.11 Å². The zero-order valence-corrected chi connectivity index (χ0v) is 18.2. The van der Waals surface area contributed by atoms with Crippen molar-refractivity contribution in [2.45, 2.75) is 44.6 Å². The van der Waals surface area contributed by atoms with E-state index < -0.39 is 0 Å². The van der Waals surface area contributed by atoms with E-state index in [-0.39, 0.29) is 24.0 Å². The Morgan fingerprint density at radius 3 is 2.15 bits per heavy atom. The summed E-state index contributed by atoms with van der Waals surface area (Å²) in [5, 5.41) is 0. The highest BCUT2D eigenvalue weighted by Crippen LogP contribution is 2.26. The molecule has 2 N–H and O–H groups in total. The molecule has 2 fully saturated rings. The predicted octanol–water partition coefficient (Wildman–Crippen LogP) is 3.64. The van der Waals surface area contributed by atoms with Gasteiger partial charge in [0.25, 0.3) is 0 Å². The van der Waals surface area contributed by atoms with Crippen molar-refractivity contribution < 1.29 is 4.74 Å². The minimum atomic E-state index is 0. The molecule has 0 aliphatic carbocycles. The van der Waals surface area contributed by atoms with Crippen LogP contribution in [0.4, 0.5) is 0 Å². The molecule has 6 heteroatoms. The van der Waals surface area contributed by atoms with E-state index in [0.717, 1.165) is 44.4 Å². The first-order chi connectivity index (χ1) is 12.3. The van der Waals surface area contributed by atoms with Gasteiger partial charge in [-0.05, 0) is 62.9 Å². The second kappa shape index (κ2) is 11.0. The Kier molecular flexibility index (Phi) is 8.98. The molecule has 2 aliphatic rings. The van der Waals surface area contributed by atoms with Crippen LogP contribution in [-0.4, -0.2) is 55.6 Å². The zero-order valence-electron chi connectivity index (χ0n) is 15.9. The molecule has 0 spiro atoms. The summed E-state index contributed by atoms with van der Waals surface area (Å²) in [6, 6.07) is 8.73. The number of likely N-dealkylation sites (tertiary alicyclic amines) is 2. The van der Waals surface area contributed by atoms with E-state index in [4.69, 9.17) is 15.5 Å². The number of ether oxygens (including phenoxy) is 1. The molecular weight excluding hydrogens is 439 g/mol. The highest BCUT2D eigenvalue weighted by molar-refractivity contribution is 14.0. The first-order valence-corrected chi connectivity index (χ1v) is 9.71. The number of benzene rings is 1. The smallest absolute Gasteiger partial charge is 0.191 e. The van der Waals surface area contributed by atoms with Crippen LogP contribution in [0.5, 0.6) is 5.75 Å². The van der Waals surface area contributed by atoms with Crippen LogP contribution in [0.3, 0.4) is 0 Å². The fraction of sp³-hybridized carbons (Fsp3) is 0.650. The number of guanidine groups is 1. The van der Waals surface area contributed by atoms with Gasteiger partial charge in [0.15, 0.2) is 5.96 Å². The molecule has 146 valence electrons.